The number of anilines is 3. The lowest BCUT2D eigenvalue weighted by Gasteiger charge is -2.44. The number of nitrogens with zero attached hydrogens (tertiary/aromatic N) is 3. The highest BCUT2D eigenvalue weighted by molar-refractivity contribution is 5.84. The molecule has 1 heterocycles. The summed E-state index contributed by atoms with van der Waals surface area (Å²) in [4.78, 5) is 12.3. The van der Waals surface area contributed by atoms with Crippen LogP contribution >= 0.6 is 0 Å². The molecule has 5 aromatic carbocycles. The summed E-state index contributed by atoms with van der Waals surface area (Å²) in [5.41, 5.74) is 11.7. The highest BCUT2D eigenvalue weighted by Gasteiger charge is 2.57. The molecule has 228 valence electrons. The van der Waals surface area contributed by atoms with Crippen LogP contribution in [0.4, 0.5) is 17.1 Å². The Morgan fingerprint density at radius 2 is 0.870 bits per heavy atom. The van der Waals surface area contributed by atoms with Crippen molar-refractivity contribution >= 4 is 17.1 Å². The van der Waals surface area contributed by atoms with Crippen molar-refractivity contribution in [2.45, 2.75) is 52.4 Å². The van der Waals surface area contributed by atoms with E-state index in [2.05, 4.69) is 162 Å². The molecule has 0 unspecified atom stereocenters. The van der Waals surface area contributed by atoms with Crippen LogP contribution in [0.15, 0.2) is 140 Å². The smallest absolute Gasteiger partial charge is 0.159 e. The van der Waals surface area contributed by atoms with Crippen LogP contribution in [0.25, 0.3) is 33.6 Å². The van der Waals surface area contributed by atoms with Crippen molar-refractivity contribution in [1.29, 1.82) is 0 Å². The summed E-state index contributed by atoms with van der Waals surface area (Å²) in [5, 5.41) is 0. The summed E-state index contributed by atoms with van der Waals surface area (Å²) < 4.78 is 0. The van der Waals surface area contributed by atoms with E-state index in [0.717, 1.165) is 28.5 Å². The second-order valence-corrected chi connectivity index (χ2v) is 14.0. The van der Waals surface area contributed by atoms with Crippen LogP contribution < -0.4 is 4.90 Å². The van der Waals surface area contributed by atoms with Gasteiger partial charge in [0.2, 0.25) is 0 Å². The van der Waals surface area contributed by atoms with Gasteiger partial charge in [0, 0.05) is 16.9 Å². The van der Waals surface area contributed by atoms with Crippen LogP contribution in [-0.4, -0.2) is 9.97 Å². The highest BCUT2D eigenvalue weighted by Crippen LogP contribution is 2.62. The van der Waals surface area contributed by atoms with Crippen molar-refractivity contribution in [3.05, 3.63) is 151 Å². The van der Waals surface area contributed by atoms with Gasteiger partial charge in [0.25, 0.3) is 0 Å². The van der Waals surface area contributed by atoms with Gasteiger partial charge < -0.3 is 4.90 Å². The maximum atomic E-state index is 5.07. The Morgan fingerprint density at radius 3 is 1.41 bits per heavy atom. The minimum atomic E-state index is -0.0221. The number of aromatic nitrogens is 2. The molecule has 0 bridgehead atoms. The van der Waals surface area contributed by atoms with E-state index in [1.807, 2.05) is 24.5 Å². The van der Waals surface area contributed by atoms with Crippen LogP contribution in [0.2, 0.25) is 0 Å². The standard InChI is InChI=1S/C43H41N3/c1-41(2)38-26-36(32-18-12-8-13-19-32)37(27-39(38)42(3,4)43(41,5)6)40-44-28-35(29-45-40)46(33-20-14-9-15-21-33)34-24-22-31(23-25-34)30-16-10-7-11-17-30/h7-29H,1-6H3. The predicted molar refractivity (Wildman–Crippen MR) is 193 cm³/mol. The number of hydrogen-bond acceptors (Lipinski definition) is 3. The molecule has 0 aliphatic heterocycles. The van der Waals surface area contributed by atoms with E-state index in [0.29, 0.717) is 0 Å². The summed E-state index contributed by atoms with van der Waals surface area (Å²) in [6.07, 6.45) is 3.92. The number of rotatable bonds is 6. The average molecular weight is 600 g/mol. The number of hydrogen-bond donors (Lipinski definition) is 0. The Bertz CT molecular complexity index is 1970. The first kappa shape index (κ1) is 29.7. The molecule has 1 aliphatic rings. The van der Waals surface area contributed by atoms with Gasteiger partial charge in [-0.05, 0) is 86.0 Å². The van der Waals surface area contributed by atoms with Gasteiger partial charge >= 0.3 is 0 Å². The van der Waals surface area contributed by atoms with Crippen LogP contribution in [0.5, 0.6) is 0 Å². The van der Waals surface area contributed by atoms with Crippen molar-refractivity contribution in [3.8, 4) is 33.6 Å². The Morgan fingerprint density at radius 1 is 0.435 bits per heavy atom. The first-order valence-corrected chi connectivity index (χ1v) is 16.2. The van der Waals surface area contributed by atoms with E-state index in [1.54, 1.807) is 0 Å². The second-order valence-electron chi connectivity index (χ2n) is 14.0. The molecule has 0 amide bonds. The zero-order valence-corrected chi connectivity index (χ0v) is 27.6. The van der Waals surface area contributed by atoms with E-state index < -0.39 is 0 Å². The van der Waals surface area contributed by atoms with E-state index in [1.165, 1.54) is 33.4 Å². The molecule has 0 atom stereocenters. The summed E-state index contributed by atoms with van der Waals surface area (Å²) in [5.74, 6) is 0.733. The second kappa shape index (κ2) is 11.1. The Balaban J connectivity index is 1.34. The molecular weight excluding hydrogens is 558 g/mol. The molecule has 0 fully saturated rings. The van der Waals surface area contributed by atoms with Gasteiger partial charge in [0.1, 0.15) is 0 Å². The summed E-state index contributed by atoms with van der Waals surface area (Å²) in [6, 6.07) is 45.1. The lowest BCUT2D eigenvalue weighted by atomic mass is 9.59. The van der Waals surface area contributed by atoms with Crippen molar-refractivity contribution in [2.75, 3.05) is 4.90 Å². The Kier molecular flexibility index (Phi) is 7.16. The van der Waals surface area contributed by atoms with Crippen LogP contribution in [0.1, 0.15) is 52.7 Å². The zero-order chi connectivity index (χ0) is 32.1. The topological polar surface area (TPSA) is 29.0 Å². The fourth-order valence-electron chi connectivity index (χ4n) is 7.16. The first-order chi connectivity index (χ1) is 22.1. The highest BCUT2D eigenvalue weighted by atomic mass is 15.2. The molecule has 0 saturated heterocycles. The van der Waals surface area contributed by atoms with E-state index in [4.69, 9.17) is 9.97 Å². The molecule has 7 rings (SSSR count). The molecule has 6 aromatic rings. The van der Waals surface area contributed by atoms with Gasteiger partial charge in [-0.3, -0.25) is 0 Å². The third-order valence-corrected chi connectivity index (χ3v) is 11.1. The van der Waals surface area contributed by atoms with Crippen molar-refractivity contribution < 1.29 is 0 Å². The third-order valence-electron chi connectivity index (χ3n) is 11.1. The average Bonchev–Trinajstić information content (AvgIpc) is 3.19. The molecule has 46 heavy (non-hydrogen) atoms. The van der Waals surface area contributed by atoms with Gasteiger partial charge in [-0.2, -0.15) is 0 Å². The largest absolute Gasteiger partial charge is 0.308 e. The lowest BCUT2D eigenvalue weighted by molar-refractivity contribution is 0.125. The van der Waals surface area contributed by atoms with Gasteiger partial charge in [-0.25, -0.2) is 9.97 Å². The third kappa shape index (κ3) is 4.73. The van der Waals surface area contributed by atoms with E-state index in [-0.39, 0.29) is 16.2 Å². The quantitative estimate of drug-likeness (QED) is 0.191. The number of fused-ring (bicyclic) bond motifs is 1. The lowest BCUT2D eigenvalue weighted by Crippen LogP contribution is -2.42. The van der Waals surface area contributed by atoms with Crippen LogP contribution in [0, 0.1) is 5.41 Å². The molecule has 0 spiro atoms. The summed E-state index contributed by atoms with van der Waals surface area (Å²) in [6.45, 7) is 14.4. The minimum Gasteiger partial charge on any atom is -0.308 e. The fraction of sp³-hybridized carbons (Fsp3) is 0.209. The predicted octanol–water partition coefficient (Wildman–Crippen LogP) is 11.5. The molecule has 0 saturated carbocycles. The van der Waals surface area contributed by atoms with E-state index in [9.17, 15) is 0 Å². The maximum Gasteiger partial charge on any atom is 0.159 e. The monoisotopic (exact) mass is 599 g/mol. The van der Waals surface area contributed by atoms with Crippen LogP contribution in [0.3, 0.4) is 0 Å². The zero-order valence-electron chi connectivity index (χ0n) is 27.6. The van der Waals surface area contributed by atoms with Gasteiger partial charge in [0.15, 0.2) is 5.82 Å². The van der Waals surface area contributed by atoms with E-state index >= 15 is 0 Å². The first-order valence-electron chi connectivity index (χ1n) is 16.2. The van der Waals surface area contributed by atoms with Gasteiger partial charge in [0.05, 0.1) is 18.1 Å². The Labute approximate surface area is 273 Å². The molecule has 1 aliphatic carbocycles. The Hall–Kier alpha value is -5.02. The summed E-state index contributed by atoms with van der Waals surface area (Å²) >= 11 is 0. The number of benzene rings is 5. The molecule has 0 N–H and O–H groups in total. The molecule has 3 heteroatoms. The minimum absolute atomic E-state index is 0.00481. The molecule has 1 aromatic heterocycles. The maximum absolute atomic E-state index is 5.07. The van der Waals surface area contributed by atoms with Gasteiger partial charge in [-0.15, -0.1) is 0 Å². The molecule has 0 radical (unpaired) electrons. The van der Waals surface area contributed by atoms with Gasteiger partial charge in [-0.1, -0.05) is 133 Å². The normalized spacial score (nSPS) is 15.7. The van der Waals surface area contributed by atoms with Crippen molar-refractivity contribution in [2.24, 2.45) is 5.41 Å². The van der Waals surface area contributed by atoms with Crippen LogP contribution in [-0.2, 0) is 10.8 Å². The number of para-hydroxylation sites is 1. The summed E-state index contributed by atoms with van der Waals surface area (Å²) in [7, 11) is 0. The fourth-order valence-corrected chi connectivity index (χ4v) is 7.16. The van der Waals surface area contributed by atoms with Crippen molar-refractivity contribution in [3.63, 3.8) is 0 Å². The molecule has 3 nitrogen and oxygen atoms in total. The van der Waals surface area contributed by atoms with Crippen molar-refractivity contribution in [1.82, 2.24) is 9.97 Å². The SMILES string of the molecule is CC1(C)c2cc(-c3ccccc3)c(-c3ncc(N(c4ccccc4)c4ccc(-c5ccccc5)cc4)cn3)cc2C(C)(C)C1(C)C. The molecular formula is C43H41N3.